The largest absolute Gasteiger partial charge is 0.496 e. The Kier molecular flexibility index (Phi) is 8.96. The van der Waals surface area contributed by atoms with Crippen molar-refractivity contribution in [1.82, 2.24) is 25.2 Å². The number of anilines is 2. The summed E-state index contributed by atoms with van der Waals surface area (Å²) in [5, 5.41) is 22.8. The number of aromatic nitrogens is 3. The van der Waals surface area contributed by atoms with Crippen LogP contribution in [0.5, 0.6) is 11.5 Å². The average Bonchev–Trinajstić information content (AvgIpc) is 3.45. The number of pyridine rings is 1. The molecular formula is C33H33FN6O5. The maximum Gasteiger partial charge on any atom is 0.255 e. The van der Waals surface area contributed by atoms with Gasteiger partial charge in [-0.05, 0) is 79.6 Å². The van der Waals surface area contributed by atoms with Gasteiger partial charge in [0.15, 0.2) is 5.65 Å². The topological polar surface area (TPSA) is 139 Å². The molecule has 0 spiro atoms. The number of methoxy groups -OCH3 is 2. The number of carbonyl (C=O) groups excluding carboxylic acids is 2. The van der Waals surface area contributed by atoms with Crippen LogP contribution in [-0.4, -0.2) is 57.9 Å². The van der Waals surface area contributed by atoms with E-state index in [4.69, 9.17) is 9.47 Å². The van der Waals surface area contributed by atoms with Gasteiger partial charge >= 0.3 is 0 Å². The molecule has 0 radical (unpaired) electrons. The van der Waals surface area contributed by atoms with E-state index in [1.54, 1.807) is 60.8 Å². The molecule has 5 rings (SSSR count). The number of fused-ring (bicyclic) bond motifs is 1. The number of carbonyl (C=O) groups is 2. The molecule has 2 amide bonds. The molecule has 0 bridgehead atoms. The first-order chi connectivity index (χ1) is 21.6. The maximum absolute atomic E-state index is 13.2. The lowest BCUT2D eigenvalue weighted by Gasteiger charge is -2.23. The minimum absolute atomic E-state index is 0.202. The van der Waals surface area contributed by atoms with E-state index in [1.807, 2.05) is 24.4 Å². The number of aliphatic hydroxyl groups excluding tert-OH is 1. The van der Waals surface area contributed by atoms with E-state index in [-0.39, 0.29) is 30.8 Å². The SMILES string of the molecule is COc1cc(C(=O)NC(C)(C)CO)ccc1Nc1nc2ccc(-c3ccc(C(=O)NCc4ccc(F)cc4)c(OC)c3)cn2n1. The highest BCUT2D eigenvalue weighted by atomic mass is 19.1. The van der Waals surface area contributed by atoms with Gasteiger partial charge in [-0.15, -0.1) is 5.10 Å². The van der Waals surface area contributed by atoms with E-state index in [9.17, 15) is 19.1 Å². The van der Waals surface area contributed by atoms with E-state index in [0.29, 0.717) is 39.9 Å². The van der Waals surface area contributed by atoms with Crippen molar-refractivity contribution in [3.05, 3.63) is 102 Å². The van der Waals surface area contributed by atoms with Crippen molar-refractivity contribution in [3.63, 3.8) is 0 Å². The Labute approximate surface area is 259 Å². The van der Waals surface area contributed by atoms with E-state index in [2.05, 4.69) is 26.0 Å². The van der Waals surface area contributed by atoms with Gasteiger partial charge in [-0.25, -0.2) is 8.91 Å². The van der Waals surface area contributed by atoms with Crippen molar-refractivity contribution in [1.29, 1.82) is 0 Å². The zero-order valence-corrected chi connectivity index (χ0v) is 25.2. The monoisotopic (exact) mass is 612 g/mol. The van der Waals surface area contributed by atoms with Gasteiger partial charge in [-0.1, -0.05) is 18.2 Å². The predicted molar refractivity (Wildman–Crippen MR) is 167 cm³/mol. The lowest BCUT2D eigenvalue weighted by atomic mass is 10.0. The number of aliphatic hydroxyl groups is 1. The summed E-state index contributed by atoms with van der Waals surface area (Å²) in [6.07, 6.45) is 1.81. The number of rotatable bonds is 11. The van der Waals surface area contributed by atoms with Crippen molar-refractivity contribution >= 4 is 29.1 Å². The summed E-state index contributed by atoms with van der Waals surface area (Å²) in [6, 6.07) is 19.8. The van der Waals surface area contributed by atoms with Crippen LogP contribution in [0.2, 0.25) is 0 Å². The van der Waals surface area contributed by atoms with E-state index >= 15 is 0 Å². The maximum atomic E-state index is 13.2. The molecule has 4 N–H and O–H groups in total. The Morgan fingerprint density at radius 1 is 0.911 bits per heavy atom. The lowest BCUT2D eigenvalue weighted by Crippen LogP contribution is -2.46. The smallest absolute Gasteiger partial charge is 0.255 e. The second kappa shape index (κ2) is 13.0. The lowest BCUT2D eigenvalue weighted by molar-refractivity contribution is 0.0868. The molecule has 0 fully saturated rings. The Morgan fingerprint density at radius 2 is 1.64 bits per heavy atom. The number of hydrogen-bond acceptors (Lipinski definition) is 8. The van der Waals surface area contributed by atoms with Gasteiger partial charge in [0.2, 0.25) is 5.95 Å². The Morgan fingerprint density at radius 3 is 2.36 bits per heavy atom. The Bertz CT molecular complexity index is 1860. The van der Waals surface area contributed by atoms with Crippen molar-refractivity contribution in [2.45, 2.75) is 25.9 Å². The summed E-state index contributed by atoms with van der Waals surface area (Å²) in [7, 11) is 3.00. The molecule has 232 valence electrons. The van der Waals surface area contributed by atoms with Crippen LogP contribution in [0.1, 0.15) is 40.1 Å². The number of hydrogen-bond donors (Lipinski definition) is 4. The molecule has 0 saturated carbocycles. The molecule has 12 heteroatoms. The van der Waals surface area contributed by atoms with Gasteiger partial charge in [0.1, 0.15) is 17.3 Å². The fourth-order valence-corrected chi connectivity index (χ4v) is 4.52. The molecule has 0 aliphatic carbocycles. The summed E-state index contributed by atoms with van der Waals surface area (Å²) in [5.41, 5.74) is 3.51. The molecule has 0 aliphatic rings. The third-order valence-corrected chi connectivity index (χ3v) is 7.03. The molecule has 2 heterocycles. The van der Waals surface area contributed by atoms with Crippen LogP contribution < -0.4 is 25.4 Å². The first-order valence-electron chi connectivity index (χ1n) is 14.0. The summed E-state index contributed by atoms with van der Waals surface area (Å²) in [5.74, 6) is 0.134. The third kappa shape index (κ3) is 7.19. The van der Waals surface area contributed by atoms with Crippen LogP contribution in [0.4, 0.5) is 16.0 Å². The summed E-state index contributed by atoms with van der Waals surface area (Å²) in [6.45, 7) is 3.50. The molecule has 0 saturated heterocycles. The zero-order valence-electron chi connectivity index (χ0n) is 25.2. The predicted octanol–water partition coefficient (Wildman–Crippen LogP) is 4.73. The van der Waals surface area contributed by atoms with Gasteiger partial charge in [-0.2, -0.15) is 4.98 Å². The number of halogens is 1. The number of benzene rings is 3. The molecular weight excluding hydrogens is 579 g/mol. The summed E-state index contributed by atoms with van der Waals surface area (Å²) in [4.78, 5) is 30.1. The molecule has 3 aromatic carbocycles. The van der Waals surface area contributed by atoms with Gasteiger partial charge in [0, 0.05) is 23.9 Å². The minimum atomic E-state index is -0.769. The summed E-state index contributed by atoms with van der Waals surface area (Å²) >= 11 is 0. The van der Waals surface area contributed by atoms with Crippen molar-refractivity contribution < 1.29 is 28.6 Å². The quantitative estimate of drug-likeness (QED) is 0.168. The van der Waals surface area contributed by atoms with E-state index in [0.717, 1.165) is 16.7 Å². The second-order valence-electron chi connectivity index (χ2n) is 10.9. The highest BCUT2D eigenvalue weighted by molar-refractivity contribution is 5.98. The molecule has 2 aromatic heterocycles. The van der Waals surface area contributed by atoms with Crippen molar-refractivity contribution in [2.24, 2.45) is 0 Å². The fourth-order valence-electron chi connectivity index (χ4n) is 4.52. The van der Waals surface area contributed by atoms with Gasteiger partial charge in [0.05, 0.1) is 37.6 Å². The van der Waals surface area contributed by atoms with Crippen LogP contribution in [-0.2, 0) is 6.54 Å². The van der Waals surface area contributed by atoms with Gasteiger partial charge < -0.3 is 30.5 Å². The Balaban J connectivity index is 1.32. The molecule has 0 aliphatic heterocycles. The van der Waals surface area contributed by atoms with Crippen LogP contribution >= 0.6 is 0 Å². The average molecular weight is 613 g/mol. The fraction of sp³-hybridized carbons (Fsp3) is 0.212. The zero-order chi connectivity index (χ0) is 32.1. The standard InChI is InChI=1S/C33H33FN6O5/c1-33(2,19-41)38-30(42)22-8-13-26(28(16-22)45-4)36-32-37-29-14-9-23(18-40(29)39-32)21-7-12-25(27(15-21)44-3)31(43)35-17-20-5-10-24(34)11-6-20/h5-16,18,41H,17,19H2,1-4H3,(H,35,43)(H,36,39)(H,38,42). The highest BCUT2D eigenvalue weighted by Crippen LogP contribution is 2.30. The molecule has 5 aromatic rings. The number of amides is 2. The minimum Gasteiger partial charge on any atom is -0.496 e. The van der Waals surface area contributed by atoms with Crippen LogP contribution in [0.15, 0.2) is 79.0 Å². The first-order valence-corrected chi connectivity index (χ1v) is 14.0. The van der Waals surface area contributed by atoms with E-state index in [1.165, 1.54) is 26.4 Å². The molecule has 0 unspecified atom stereocenters. The van der Waals surface area contributed by atoms with E-state index < -0.39 is 5.54 Å². The second-order valence-corrected chi connectivity index (χ2v) is 10.9. The Hall–Kier alpha value is -5.49. The molecule has 11 nitrogen and oxygen atoms in total. The van der Waals surface area contributed by atoms with Crippen LogP contribution in [0.3, 0.4) is 0 Å². The van der Waals surface area contributed by atoms with Crippen molar-refractivity contribution in [2.75, 3.05) is 26.1 Å². The summed E-state index contributed by atoms with van der Waals surface area (Å²) < 4.78 is 25.8. The van der Waals surface area contributed by atoms with Gasteiger partial charge in [0.25, 0.3) is 11.8 Å². The number of nitrogens with one attached hydrogen (secondary N) is 3. The number of nitrogens with zero attached hydrogens (tertiary/aromatic N) is 3. The van der Waals surface area contributed by atoms with Crippen LogP contribution in [0.25, 0.3) is 16.8 Å². The van der Waals surface area contributed by atoms with Gasteiger partial charge in [-0.3, -0.25) is 9.59 Å². The van der Waals surface area contributed by atoms with Crippen LogP contribution in [0, 0.1) is 5.82 Å². The highest BCUT2D eigenvalue weighted by Gasteiger charge is 2.21. The normalized spacial score (nSPS) is 11.2. The number of ether oxygens (including phenoxy) is 2. The first kappa shape index (κ1) is 31.0. The third-order valence-electron chi connectivity index (χ3n) is 7.03. The van der Waals surface area contributed by atoms with Crippen molar-refractivity contribution in [3.8, 4) is 22.6 Å². The molecule has 45 heavy (non-hydrogen) atoms. The molecule has 0 atom stereocenters.